The molecule has 6 nitrogen and oxygen atoms in total. The lowest BCUT2D eigenvalue weighted by Crippen LogP contribution is -2.36. The third-order valence-corrected chi connectivity index (χ3v) is 8.94. The number of aldehydes is 1. The molecule has 0 atom stereocenters. The van der Waals surface area contributed by atoms with Gasteiger partial charge in [0.1, 0.15) is 11.3 Å². The molecule has 1 amide bonds. The smallest absolute Gasteiger partial charge is 0.258 e. The fraction of sp³-hybridized carbons (Fsp3) is 0.419. The molecule has 2 aliphatic heterocycles. The number of carbonyl (C=O) groups is 2. The molecule has 1 aromatic heterocycles. The van der Waals surface area contributed by atoms with Crippen LogP contribution in [-0.2, 0) is 30.5 Å². The molecule has 200 valence electrons. The van der Waals surface area contributed by atoms with Crippen molar-refractivity contribution in [2.45, 2.75) is 45.1 Å². The number of benzene rings is 2. The van der Waals surface area contributed by atoms with E-state index in [0.29, 0.717) is 5.56 Å². The van der Waals surface area contributed by atoms with E-state index in [0.717, 1.165) is 99.8 Å². The number of aryl methyl sites for hydroxylation is 2. The predicted molar refractivity (Wildman–Crippen MR) is 155 cm³/mol. The number of nitrogens with zero attached hydrogens (tertiary/aromatic N) is 1. The highest BCUT2D eigenvalue weighted by Gasteiger charge is 2.29. The molecule has 0 bridgehead atoms. The van der Waals surface area contributed by atoms with Gasteiger partial charge < -0.3 is 15.4 Å². The minimum absolute atomic E-state index is 0.0312. The van der Waals surface area contributed by atoms with E-state index in [1.807, 2.05) is 43.4 Å². The minimum atomic E-state index is -0.0312. The number of fused-ring (bicyclic) bond motifs is 1. The molecule has 3 heterocycles. The van der Waals surface area contributed by atoms with Crippen LogP contribution < -0.4 is 10.6 Å². The van der Waals surface area contributed by atoms with Gasteiger partial charge in [-0.3, -0.25) is 14.5 Å². The summed E-state index contributed by atoms with van der Waals surface area (Å²) in [6.45, 7) is 4.82. The molecule has 0 saturated carbocycles. The van der Waals surface area contributed by atoms with Crippen LogP contribution in [0.1, 0.15) is 61.5 Å². The van der Waals surface area contributed by atoms with Crippen LogP contribution in [0.2, 0.25) is 0 Å². The summed E-state index contributed by atoms with van der Waals surface area (Å²) in [5.74, 6) is 0.686. The van der Waals surface area contributed by atoms with Gasteiger partial charge in [0.15, 0.2) is 0 Å². The number of carbonyl (C=O) groups excluding carboxylic acids is 2. The van der Waals surface area contributed by atoms with Crippen LogP contribution in [0.5, 0.6) is 0 Å². The summed E-state index contributed by atoms with van der Waals surface area (Å²) in [6, 6.07) is 16.0. The van der Waals surface area contributed by atoms with Crippen LogP contribution in [0.4, 0.5) is 10.7 Å². The highest BCUT2D eigenvalue weighted by molar-refractivity contribution is 7.16. The molecule has 0 unspecified atom stereocenters. The molecule has 0 radical (unpaired) electrons. The van der Waals surface area contributed by atoms with Gasteiger partial charge in [-0.2, -0.15) is 0 Å². The fourth-order valence-electron chi connectivity index (χ4n) is 5.53. The van der Waals surface area contributed by atoms with E-state index >= 15 is 0 Å². The zero-order chi connectivity index (χ0) is 26.3. The Bertz CT molecular complexity index is 1230. The molecule has 1 fully saturated rings. The largest absolute Gasteiger partial charge is 0.381 e. The van der Waals surface area contributed by atoms with Crippen molar-refractivity contribution in [3.63, 3.8) is 0 Å². The van der Waals surface area contributed by atoms with Crippen LogP contribution in [0.25, 0.3) is 0 Å². The molecule has 7 heteroatoms. The van der Waals surface area contributed by atoms with Crippen molar-refractivity contribution in [1.82, 2.24) is 4.90 Å². The number of rotatable bonds is 10. The Morgan fingerprint density at radius 3 is 2.39 bits per heavy atom. The van der Waals surface area contributed by atoms with Crippen LogP contribution in [-0.4, -0.2) is 50.4 Å². The van der Waals surface area contributed by atoms with Gasteiger partial charge in [-0.15, -0.1) is 11.3 Å². The van der Waals surface area contributed by atoms with Gasteiger partial charge >= 0.3 is 0 Å². The third kappa shape index (κ3) is 6.52. The average Bonchev–Trinajstić information content (AvgIpc) is 3.33. The van der Waals surface area contributed by atoms with Gasteiger partial charge in [-0.05, 0) is 73.3 Å². The maximum absolute atomic E-state index is 13.4. The van der Waals surface area contributed by atoms with Crippen LogP contribution in [0, 0.1) is 5.92 Å². The number of ether oxygens (including phenoxy) is 1. The lowest BCUT2D eigenvalue weighted by molar-refractivity contribution is 0.0508. The Balaban J connectivity index is 1.16. The fourth-order valence-corrected chi connectivity index (χ4v) is 6.77. The Labute approximate surface area is 229 Å². The van der Waals surface area contributed by atoms with E-state index < -0.39 is 0 Å². The second-order valence-electron chi connectivity index (χ2n) is 10.4. The summed E-state index contributed by atoms with van der Waals surface area (Å²) < 4.78 is 5.52. The second kappa shape index (κ2) is 12.7. The summed E-state index contributed by atoms with van der Waals surface area (Å²) in [4.78, 5) is 28.1. The first-order valence-corrected chi connectivity index (χ1v) is 14.5. The van der Waals surface area contributed by atoms with Crippen molar-refractivity contribution in [2.75, 3.05) is 44.0 Å². The van der Waals surface area contributed by atoms with Crippen molar-refractivity contribution in [3.05, 3.63) is 81.2 Å². The number of hydrogen-bond acceptors (Lipinski definition) is 6. The SMILES string of the molecule is CNc1sc2c(c1C(=O)Nc1ccc(CCCc3ccc(C=O)cc3)cc1)CCN(CC1CCOCC1)C2. The predicted octanol–water partition coefficient (Wildman–Crippen LogP) is 5.81. The van der Waals surface area contributed by atoms with Crippen molar-refractivity contribution in [1.29, 1.82) is 0 Å². The molecule has 0 spiro atoms. The summed E-state index contributed by atoms with van der Waals surface area (Å²) in [6.07, 6.45) is 7.06. The molecule has 38 heavy (non-hydrogen) atoms. The molecule has 2 aromatic carbocycles. The van der Waals surface area contributed by atoms with Gasteiger partial charge in [-0.25, -0.2) is 0 Å². The Hall–Kier alpha value is -3.00. The number of anilines is 2. The quantitative estimate of drug-likeness (QED) is 0.323. The van der Waals surface area contributed by atoms with E-state index in [9.17, 15) is 9.59 Å². The topological polar surface area (TPSA) is 70.7 Å². The summed E-state index contributed by atoms with van der Waals surface area (Å²) in [7, 11) is 1.90. The zero-order valence-electron chi connectivity index (χ0n) is 22.1. The van der Waals surface area contributed by atoms with Crippen molar-refractivity contribution in [3.8, 4) is 0 Å². The van der Waals surface area contributed by atoms with Gasteiger partial charge in [0, 0.05) is 56.0 Å². The van der Waals surface area contributed by atoms with E-state index in [1.165, 1.54) is 21.6 Å². The van der Waals surface area contributed by atoms with Crippen LogP contribution in [0.3, 0.4) is 0 Å². The van der Waals surface area contributed by atoms with Gasteiger partial charge in [0.05, 0.1) is 5.56 Å². The normalized spacial score (nSPS) is 16.1. The molecule has 0 aliphatic carbocycles. The van der Waals surface area contributed by atoms with Gasteiger partial charge in [-0.1, -0.05) is 36.4 Å². The standard InChI is InChI=1S/C31H37N3O3S/c1-32-31-29(27-13-16-34(20-28(27)38-31)19-24-14-17-37-18-15-24)30(36)33-26-11-9-23(10-12-26)4-2-3-22-5-7-25(21-35)8-6-22/h5-12,21,24,32H,2-4,13-20H2,1H3,(H,33,36). The molecule has 2 aliphatic rings. The minimum Gasteiger partial charge on any atom is -0.381 e. The Morgan fingerprint density at radius 1 is 1.05 bits per heavy atom. The molecule has 2 N–H and O–H groups in total. The van der Waals surface area contributed by atoms with Crippen molar-refractivity contribution in [2.24, 2.45) is 5.92 Å². The maximum Gasteiger partial charge on any atom is 0.258 e. The summed E-state index contributed by atoms with van der Waals surface area (Å²) >= 11 is 1.72. The number of thiophene rings is 1. The van der Waals surface area contributed by atoms with Gasteiger partial charge in [0.25, 0.3) is 5.91 Å². The molecule has 1 saturated heterocycles. The number of hydrogen-bond donors (Lipinski definition) is 2. The lowest BCUT2D eigenvalue weighted by Gasteiger charge is -2.32. The van der Waals surface area contributed by atoms with Gasteiger partial charge in [0.2, 0.25) is 0 Å². The lowest BCUT2D eigenvalue weighted by atomic mass is 9.97. The summed E-state index contributed by atoms with van der Waals surface area (Å²) in [5.41, 5.74) is 6.04. The first-order chi connectivity index (χ1) is 18.6. The highest BCUT2D eigenvalue weighted by atomic mass is 32.1. The second-order valence-corrected chi connectivity index (χ2v) is 11.5. The first-order valence-electron chi connectivity index (χ1n) is 13.7. The van der Waals surface area contributed by atoms with E-state index in [-0.39, 0.29) is 5.91 Å². The van der Waals surface area contributed by atoms with Crippen LogP contribution >= 0.6 is 11.3 Å². The summed E-state index contributed by atoms with van der Waals surface area (Å²) in [5, 5.41) is 7.37. The maximum atomic E-state index is 13.4. The number of nitrogens with one attached hydrogen (secondary N) is 2. The Morgan fingerprint density at radius 2 is 1.74 bits per heavy atom. The highest BCUT2D eigenvalue weighted by Crippen LogP contribution is 2.37. The van der Waals surface area contributed by atoms with E-state index in [1.54, 1.807) is 11.3 Å². The zero-order valence-corrected chi connectivity index (χ0v) is 22.9. The molecular formula is C31H37N3O3S. The van der Waals surface area contributed by atoms with Crippen LogP contribution in [0.15, 0.2) is 48.5 Å². The van der Waals surface area contributed by atoms with Crippen molar-refractivity contribution >= 4 is 34.2 Å². The van der Waals surface area contributed by atoms with E-state index in [4.69, 9.17) is 4.74 Å². The number of amides is 1. The Kier molecular flexibility index (Phi) is 8.89. The molecule has 3 aromatic rings. The van der Waals surface area contributed by atoms with E-state index in [2.05, 4.69) is 27.7 Å². The average molecular weight is 532 g/mol. The monoisotopic (exact) mass is 531 g/mol. The third-order valence-electron chi connectivity index (χ3n) is 7.71. The first kappa shape index (κ1) is 26.6. The molecule has 5 rings (SSSR count). The molecular weight excluding hydrogens is 494 g/mol. The van der Waals surface area contributed by atoms with Crippen molar-refractivity contribution < 1.29 is 14.3 Å².